The maximum atomic E-state index is 11.7. The third-order valence-corrected chi connectivity index (χ3v) is 2.76. The lowest BCUT2D eigenvalue weighted by molar-refractivity contribution is -0.117. The Morgan fingerprint density at radius 1 is 1.12 bits per heavy atom. The highest BCUT2D eigenvalue weighted by atomic mass is 16.1. The van der Waals surface area contributed by atoms with Crippen molar-refractivity contribution in [1.29, 1.82) is 0 Å². The number of hydrogen-bond donors (Lipinski definition) is 1. The van der Waals surface area contributed by atoms with E-state index in [2.05, 4.69) is 43.4 Å². The van der Waals surface area contributed by atoms with Gasteiger partial charge in [0.1, 0.15) is 0 Å². The Kier molecular flexibility index (Phi) is 5.36. The summed E-state index contributed by atoms with van der Waals surface area (Å²) in [4.78, 5) is 11.7. The van der Waals surface area contributed by atoms with Crippen molar-refractivity contribution >= 4 is 5.78 Å². The fourth-order valence-corrected chi connectivity index (χ4v) is 1.63. The summed E-state index contributed by atoms with van der Waals surface area (Å²) in [5.41, 5.74) is 2.42. The Labute approximate surface area is 104 Å². The van der Waals surface area contributed by atoms with E-state index in [-0.39, 0.29) is 5.78 Å². The van der Waals surface area contributed by atoms with Crippen LogP contribution in [0.15, 0.2) is 24.3 Å². The number of hydrogen-bond acceptors (Lipinski definition) is 2. The van der Waals surface area contributed by atoms with Gasteiger partial charge in [-0.25, -0.2) is 0 Å². The maximum absolute atomic E-state index is 11.7. The molecule has 0 bridgehead atoms. The molecule has 2 nitrogen and oxygen atoms in total. The highest BCUT2D eigenvalue weighted by Gasteiger charge is 2.05. The first-order chi connectivity index (χ1) is 7.99. The molecule has 0 atom stereocenters. The van der Waals surface area contributed by atoms with Gasteiger partial charge in [-0.2, -0.15) is 0 Å². The van der Waals surface area contributed by atoms with Gasteiger partial charge in [-0.1, -0.05) is 52.0 Å². The molecule has 0 aromatic heterocycles. The van der Waals surface area contributed by atoms with Crippen LogP contribution < -0.4 is 5.32 Å². The number of carbonyl (C=O) groups is 1. The third kappa shape index (κ3) is 5.14. The molecule has 1 aromatic rings. The predicted molar refractivity (Wildman–Crippen MR) is 72.4 cm³/mol. The van der Waals surface area contributed by atoms with Crippen LogP contribution in [-0.2, 0) is 11.2 Å². The molecule has 0 aliphatic rings. The number of rotatable bonds is 6. The first kappa shape index (κ1) is 13.9. The molecule has 0 saturated heterocycles. The van der Waals surface area contributed by atoms with Gasteiger partial charge < -0.3 is 5.32 Å². The van der Waals surface area contributed by atoms with Crippen LogP contribution in [0.25, 0.3) is 0 Å². The van der Waals surface area contributed by atoms with Crippen LogP contribution in [0.2, 0.25) is 0 Å². The van der Waals surface area contributed by atoms with Gasteiger partial charge in [0.2, 0.25) is 0 Å². The van der Waals surface area contributed by atoms with Crippen molar-refractivity contribution < 1.29 is 4.79 Å². The van der Waals surface area contributed by atoms with E-state index in [4.69, 9.17) is 0 Å². The van der Waals surface area contributed by atoms with Gasteiger partial charge in [0, 0.05) is 12.5 Å². The van der Waals surface area contributed by atoms with Gasteiger partial charge in [0.25, 0.3) is 0 Å². The zero-order valence-electron chi connectivity index (χ0n) is 11.3. The molecular formula is C15H23NO. The number of Topliss-reactive ketones (excluding diaryl/α,β-unsaturated/α-hetero) is 1. The molecule has 1 rings (SSSR count). The zero-order chi connectivity index (χ0) is 12.8. The normalized spacial score (nSPS) is 11.2. The van der Waals surface area contributed by atoms with Gasteiger partial charge in [-0.05, 0) is 17.0 Å². The van der Waals surface area contributed by atoms with Crippen LogP contribution in [0.1, 0.15) is 44.7 Å². The van der Waals surface area contributed by atoms with Crippen LogP contribution in [0.4, 0.5) is 0 Å². The smallest absolute Gasteiger partial charge is 0.150 e. The standard InChI is InChI=1S/C15H23NO/c1-11(2)14-7-5-13(6-8-14)9-15(17)10-16-12(3)4/h5-8,11-12,16H,9-10H2,1-4H3. The van der Waals surface area contributed by atoms with E-state index in [9.17, 15) is 4.79 Å². The summed E-state index contributed by atoms with van der Waals surface area (Å²) < 4.78 is 0. The average molecular weight is 233 g/mol. The number of ketones is 1. The minimum Gasteiger partial charge on any atom is -0.308 e. The highest BCUT2D eigenvalue weighted by Crippen LogP contribution is 2.14. The van der Waals surface area contributed by atoms with Crippen molar-refractivity contribution in [3.05, 3.63) is 35.4 Å². The molecule has 17 heavy (non-hydrogen) atoms. The van der Waals surface area contributed by atoms with E-state index in [1.165, 1.54) is 5.56 Å². The van der Waals surface area contributed by atoms with Crippen molar-refractivity contribution in [2.45, 2.75) is 46.1 Å². The molecular weight excluding hydrogens is 210 g/mol. The largest absolute Gasteiger partial charge is 0.308 e. The number of carbonyl (C=O) groups excluding carboxylic acids is 1. The van der Waals surface area contributed by atoms with Crippen molar-refractivity contribution in [1.82, 2.24) is 5.32 Å². The molecule has 0 saturated carbocycles. The Morgan fingerprint density at radius 2 is 1.71 bits per heavy atom. The molecule has 0 spiro atoms. The lowest BCUT2D eigenvalue weighted by atomic mass is 10.00. The van der Waals surface area contributed by atoms with Gasteiger partial charge in [-0.3, -0.25) is 4.79 Å². The Hall–Kier alpha value is -1.15. The second-order valence-electron chi connectivity index (χ2n) is 5.15. The van der Waals surface area contributed by atoms with E-state index in [0.29, 0.717) is 24.9 Å². The molecule has 0 radical (unpaired) electrons. The topological polar surface area (TPSA) is 29.1 Å². The van der Waals surface area contributed by atoms with Gasteiger partial charge in [-0.15, -0.1) is 0 Å². The lowest BCUT2D eigenvalue weighted by Gasteiger charge is -2.08. The monoisotopic (exact) mass is 233 g/mol. The Balaban J connectivity index is 2.48. The zero-order valence-corrected chi connectivity index (χ0v) is 11.3. The molecule has 2 heteroatoms. The van der Waals surface area contributed by atoms with Gasteiger partial charge >= 0.3 is 0 Å². The minimum absolute atomic E-state index is 0.246. The van der Waals surface area contributed by atoms with E-state index in [1.54, 1.807) is 0 Å². The summed E-state index contributed by atoms with van der Waals surface area (Å²) in [7, 11) is 0. The fraction of sp³-hybridized carbons (Fsp3) is 0.533. The van der Waals surface area contributed by atoms with Crippen molar-refractivity contribution in [3.63, 3.8) is 0 Å². The SMILES string of the molecule is CC(C)NCC(=O)Cc1ccc(C(C)C)cc1. The minimum atomic E-state index is 0.246. The molecule has 1 N–H and O–H groups in total. The quantitative estimate of drug-likeness (QED) is 0.818. The molecule has 0 amide bonds. The van der Waals surface area contributed by atoms with Crippen LogP contribution >= 0.6 is 0 Å². The third-order valence-electron chi connectivity index (χ3n) is 2.76. The molecule has 0 fully saturated rings. The van der Waals surface area contributed by atoms with E-state index in [1.807, 2.05) is 13.8 Å². The van der Waals surface area contributed by atoms with E-state index < -0.39 is 0 Å². The second kappa shape index (κ2) is 6.55. The Bertz CT molecular complexity index is 352. The molecule has 0 aliphatic carbocycles. The van der Waals surface area contributed by atoms with Gasteiger partial charge in [0.15, 0.2) is 5.78 Å². The molecule has 0 aliphatic heterocycles. The first-order valence-corrected chi connectivity index (χ1v) is 6.33. The highest BCUT2D eigenvalue weighted by molar-refractivity contribution is 5.82. The molecule has 1 aromatic carbocycles. The van der Waals surface area contributed by atoms with Crippen molar-refractivity contribution in [2.75, 3.05) is 6.54 Å². The Morgan fingerprint density at radius 3 is 2.18 bits per heavy atom. The van der Waals surface area contributed by atoms with Crippen LogP contribution in [-0.4, -0.2) is 18.4 Å². The van der Waals surface area contributed by atoms with Crippen molar-refractivity contribution in [3.8, 4) is 0 Å². The van der Waals surface area contributed by atoms with E-state index in [0.717, 1.165) is 5.56 Å². The predicted octanol–water partition coefficient (Wildman–Crippen LogP) is 2.92. The number of nitrogens with one attached hydrogen (secondary N) is 1. The maximum Gasteiger partial charge on any atom is 0.150 e. The fourth-order valence-electron chi connectivity index (χ4n) is 1.63. The molecule has 0 heterocycles. The van der Waals surface area contributed by atoms with E-state index >= 15 is 0 Å². The second-order valence-corrected chi connectivity index (χ2v) is 5.15. The summed E-state index contributed by atoms with van der Waals surface area (Å²) in [5, 5.41) is 3.15. The van der Waals surface area contributed by atoms with Crippen LogP contribution in [0.5, 0.6) is 0 Å². The number of benzene rings is 1. The van der Waals surface area contributed by atoms with Crippen LogP contribution in [0, 0.1) is 0 Å². The average Bonchev–Trinajstić information content (AvgIpc) is 2.27. The summed E-state index contributed by atoms with van der Waals surface area (Å²) in [6, 6.07) is 8.71. The summed E-state index contributed by atoms with van der Waals surface area (Å²) in [6.07, 6.45) is 0.526. The van der Waals surface area contributed by atoms with Gasteiger partial charge in [0.05, 0.1) is 6.54 Å². The summed E-state index contributed by atoms with van der Waals surface area (Å²) in [5.74, 6) is 0.790. The first-order valence-electron chi connectivity index (χ1n) is 6.33. The van der Waals surface area contributed by atoms with Crippen LogP contribution in [0.3, 0.4) is 0 Å². The lowest BCUT2D eigenvalue weighted by Crippen LogP contribution is -2.29. The molecule has 0 unspecified atom stereocenters. The summed E-state index contributed by atoms with van der Waals surface area (Å²) in [6.45, 7) is 8.90. The summed E-state index contributed by atoms with van der Waals surface area (Å²) >= 11 is 0. The van der Waals surface area contributed by atoms with Crippen molar-refractivity contribution in [2.24, 2.45) is 0 Å². The molecule has 94 valence electrons.